The van der Waals surface area contributed by atoms with Gasteiger partial charge >= 0.3 is 0 Å². The van der Waals surface area contributed by atoms with Gasteiger partial charge in [-0.05, 0) is 110 Å². The smallest absolute Gasteiger partial charge is 0.280 e. The first-order chi connectivity index (χ1) is 23.1. The summed E-state index contributed by atoms with van der Waals surface area (Å²) in [6.07, 6.45) is 8.44. The monoisotopic (exact) mass is 692 g/mol. The average Bonchev–Trinajstić information content (AvgIpc) is 3.42. The van der Waals surface area contributed by atoms with Crippen molar-refractivity contribution in [2.24, 2.45) is 52.3 Å². The first kappa shape index (κ1) is 38.9. The number of nitrogens with one attached hydrogen (secondary N) is 2. The van der Waals surface area contributed by atoms with Crippen LogP contribution in [-0.4, -0.2) is 88.2 Å². The molecule has 0 bridgehead atoms. The first-order valence-electron chi connectivity index (χ1n) is 19.6. The summed E-state index contributed by atoms with van der Waals surface area (Å²) in [4.78, 5) is 25.9. The van der Waals surface area contributed by atoms with Crippen LogP contribution in [0.15, 0.2) is 0 Å². The van der Waals surface area contributed by atoms with Crippen LogP contribution < -0.4 is 10.6 Å². The van der Waals surface area contributed by atoms with E-state index < -0.39 is 54.7 Å². The van der Waals surface area contributed by atoms with Gasteiger partial charge in [0.25, 0.3) is 11.7 Å². The molecule has 1 saturated heterocycles. The van der Waals surface area contributed by atoms with Crippen molar-refractivity contribution in [3.63, 3.8) is 0 Å². The minimum Gasteiger partial charge on any atom is -0.394 e. The lowest BCUT2D eigenvalue weighted by Crippen LogP contribution is -2.69. The zero-order valence-corrected chi connectivity index (χ0v) is 31.3. The van der Waals surface area contributed by atoms with Crippen molar-refractivity contribution < 1.29 is 39.5 Å². The summed E-state index contributed by atoms with van der Waals surface area (Å²) in [5.74, 6) is 2.33. The number of rotatable bonds is 12. The number of aliphatic hydroxyl groups is 4. The fourth-order valence-electron chi connectivity index (χ4n) is 12.1. The number of methoxy groups -OCH3 is 1. The molecule has 1 unspecified atom stereocenters. The predicted octanol–water partition coefficient (Wildman–Crippen LogP) is 4.30. The Morgan fingerprint density at radius 1 is 0.939 bits per heavy atom. The van der Waals surface area contributed by atoms with Crippen LogP contribution in [0.3, 0.4) is 0 Å². The van der Waals surface area contributed by atoms with Gasteiger partial charge in [-0.2, -0.15) is 0 Å². The summed E-state index contributed by atoms with van der Waals surface area (Å²) >= 11 is 0. The summed E-state index contributed by atoms with van der Waals surface area (Å²) in [6, 6.07) is -1.19. The summed E-state index contributed by atoms with van der Waals surface area (Å²) in [7, 11) is 1.31. The van der Waals surface area contributed by atoms with E-state index in [2.05, 4.69) is 45.3 Å². The van der Waals surface area contributed by atoms with Crippen molar-refractivity contribution in [2.75, 3.05) is 13.7 Å². The molecule has 2 amide bonds. The minimum atomic E-state index is -1.94. The molecule has 5 rings (SSSR count). The van der Waals surface area contributed by atoms with Crippen molar-refractivity contribution in [3.8, 4) is 0 Å². The van der Waals surface area contributed by atoms with E-state index in [9.17, 15) is 30.0 Å². The molecule has 1 heterocycles. The maximum Gasteiger partial charge on any atom is 0.280 e. The van der Waals surface area contributed by atoms with Gasteiger partial charge in [-0.15, -0.1) is 0 Å². The topological polar surface area (TPSA) is 158 Å². The third kappa shape index (κ3) is 7.48. The van der Waals surface area contributed by atoms with Crippen LogP contribution in [0.2, 0.25) is 0 Å². The molecule has 4 saturated carbocycles. The van der Waals surface area contributed by atoms with Crippen LogP contribution in [0.4, 0.5) is 0 Å². The highest BCUT2D eigenvalue weighted by Crippen LogP contribution is 2.68. The van der Waals surface area contributed by atoms with Crippen LogP contribution in [0.1, 0.15) is 125 Å². The van der Waals surface area contributed by atoms with Gasteiger partial charge in [-0.25, -0.2) is 0 Å². The van der Waals surface area contributed by atoms with Gasteiger partial charge in [0.2, 0.25) is 5.91 Å². The van der Waals surface area contributed by atoms with Gasteiger partial charge < -0.3 is 40.5 Å². The molecule has 5 aliphatic rings. The molecular weight excluding hydrogens is 624 g/mol. The number of fused-ring (bicyclic) bond motifs is 5. The largest absolute Gasteiger partial charge is 0.394 e. The van der Waals surface area contributed by atoms with E-state index >= 15 is 0 Å². The molecule has 6 N–H and O–H groups in total. The molecule has 5 fully saturated rings. The second-order valence-electron chi connectivity index (χ2n) is 17.9. The highest BCUT2D eigenvalue weighted by atomic mass is 16.7. The Labute approximate surface area is 294 Å². The highest BCUT2D eigenvalue weighted by Gasteiger charge is 2.61. The van der Waals surface area contributed by atoms with Gasteiger partial charge in [0, 0.05) is 26.5 Å². The van der Waals surface area contributed by atoms with E-state index in [-0.39, 0.29) is 17.9 Å². The fraction of sp³-hybridized carbons (Fsp3) is 0.949. The Bertz CT molecular complexity index is 1150. The molecule has 15 atom stereocenters. The summed E-state index contributed by atoms with van der Waals surface area (Å²) in [5.41, 5.74) is 0.716. The lowest BCUT2D eigenvalue weighted by molar-refractivity contribution is -0.296. The van der Waals surface area contributed by atoms with E-state index in [1.165, 1.54) is 71.8 Å². The van der Waals surface area contributed by atoms with Crippen LogP contribution in [0, 0.1) is 52.3 Å². The van der Waals surface area contributed by atoms with Crippen LogP contribution in [0.5, 0.6) is 0 Å². The molecule has 1 aliphatic heterocycles. The molecule has 49 heavy (non-hydrogen) atoms. The number of hydrogen-bond acceptors (Lipinski definition) is 8. The van der Waals surface area contributed by atoms with E-state index in [4.69, 9.17) is 9.47 Å². The van der Waals surface area contributed by atoms with Gasteiger partial charge in [0.15, 0.2) is 0 Å². The van der Waals surface area contributed by atoms with Crippen molar-refractivity contribution in [1.82, 2.24) is 10.6 Å². The van der Waals surface area contributed by atoms with E-state index in [0.29, 0.717) is 11.3 Å². The van der Waals surface area contributed by atoms with Gasteiger partial charge in [-0.1, -0.05) is 53.9 Å². The SMILES string of the molecule is CO[C@]1(C(=O)N[C@@H]2CC[C@@]3(C)[C@@H](CC[C@@H]4[C@@H]3CC[C@]3(C)[C@@H]([C@H](C)CCCC(C)C)CC[C@@H]43)C2)CC(O)[C@@H](NC(C)=O)[C@H]([C@H](O)[C@H](O)CO)O1. The quantitative estimate of drug-likeness (QED) is 0.177. The number of hydrogen-bond donors (Lipinski definition) is 6. The zero-order chi connectivity index (χ0) is 35.9. The summed E-state index contributed by atoms with van der Waals surface area (Å²) in [5, 5.41) is 47.3. The van der Waals surface area contributed by atoms with Gasteiger partial charge in [-0.3, -0.25) is 9.59 Å². The average molecular weight is 693 g/mol. The zero-order valence-electron chi connectivity index (χ0n) is 31.3. The summed E-state index contributed by atoms with van der Waals surface area (Å²) < 4.78 is 11.7. The van der Waals surface area contributed by atoms with Crippen LogP contribution >= 0.6 is 0 Å². The molecule has 0 aromatic carbocycles. The normalized spacial score (nSPS) is 43.9. The highest BCUT2D eigenvalue weighted by molar-refractivity contribution is 5.84. The molecule has 0 radical (unpaired) electrons. The number of aliphatic hydroxyl groups excluding tert-OH is 4. The molecular formula is C39H68N2O8. The standard InChI is InChI=1S/C39H68N2O8/c1-22(2)9-8-10-23(3)28-13-14-29-27-12-11-25-19-26(15-17-37(25,5)30(27)16-18-38(28,29)6)41-36(47)39(48-7)20-31(44)33(40-24(4)43)35(49-39)34(46)32(45)21-42/h22-23,25-35,42,44-46H,8-21H2,1-7H3,(H,40,43)(H,41,47)/t23-,25+,26-,27+,28-,29+,30+,31?,32-,33-,34-,35-,37+,38-,39-/m1/s1. The molecule has 10 heteroatoms. The second-order valence-corrected chi connectivity index (χ2v) is 17.9. The number of amides is 2. The third-order valence-corrected chi connectivity index (χ3v) is 14.7. The summed E-state index contributed by atoms with van der Waals surface area (Å²) in [6.45, 7) is 12.9. The molecule has 0 aromatic rings. The molecule has 0 aromatic heterocycles. The molecule has 10 nitrogen and oxygen atoms in total. The number of carbonyl (C=O) groups is 2. The molecule has 282 valence electrons. The maximum atomic E-state index is 14.0. The minimum absolute atomic E-state index is 0.0780. The Morgan fingerprint density at radius 2 is 1.63 bits per heavy atom. The van der Waals surface area contributed by atoms with Crippen molar-refractivity contribution in [3.05, 3.63) is 0 Å². The molecule has 0 spiro atoms. The number of carbonyl (C=O) groups excluding carboxylic acids is 2. The lowest BCUT2D eigenvalue weighted by Gasteiger charge is -2.61. The predicted molar refractivity (Wildman–Crippen MR) is 187 cm³/mol. The fourth-order valence-corrected chi connectivity index (χ4v) is 12.1. The first-order valence-corrected chi connectivity index (χ1v) is 19.6. The van der Waals surface area contributed by atoms with Crippen molar-refractivity contribution in [2.45, 2.75) is 167 Å². The third-order valence-electron chi connectivity index (χ3n) is 14.7. The second kappa shape index (κ2) is 15.4. The lowest BCUT2D eigenvalue weighted by atomic mass is 9.44. The number of ether oxygens (including phenoxy) is 2. The van der Waals surface area contributed by atoms with E-state index in [1.807, 2.05) is 0 Å². The van der Waals surface area contributed by atoms with Crippen molar-refractivity contribution in [1.29, 1.82) is 0 Å². The van der Waals surface area contributed by atoms with Gasteiger partial charge in [0.1, 0.15) is 18.3 Å². The Hall–Kier alpha value is -1.30. The van der Waals surface area contributed by atoms with Crippen molar-refractivity contribution >= 4 is 11.8 Å². The maximum absolute atomic E-state index is 14.0. The van der Waals surface area contributed by atoms with Crippen LogP contribution in [-0.2, 0) is 19.1 Å². The van der Waals surface area contributed by atoms with E-state index in [0.717, 1.165) is 54.8 Å². The van der Waals surface area contributed by atoms with E-state index in [1.54, 1.807) is 0 Å². The Kier molecular flexibility index (Phi) is 12.2. The van der Waals surface area contributed by atoms with Crippen LogP contribution in [0.25, 0.3) is 0 Å². The van der Waals surface area contributed by atoms with Gasteiger partial charge in [0.05, 0.1) is 18.8 Å². The Balaban J connectivity index is 1.24. The Morgan fingerprint density at radius 3 is 2.29 bits per heavy atom. The molecule has 4 aliphatic carbocycles.